The van der Waals surface area contributed by atoms with Gasteiger partial charge >= 0.3 is 12.3 Å². The number of imidazole rings is 1. The number of aromatic nitrogens is 4. The van der Waals surface area contributed by atoms with Crippen LogP contribution in [0.25, 0.3) is 11.2 Å². The molecule has 182 valence electrons. The molecule has 0 bridgehead atoms. The number of anilines is 1. The van der Waals surface area contributed by atoms with E-state index in [1.165, 1.54) is 0 Å². The normalized spacial score (nSPS) is 19.8. The van der Waals surface area contributed by atoms with E-state index in [1.54, 1.807) is 40.2 Å². The number of carbonyl (C=O) groups is 2. The van der Waals surface area contributed by atoms with E-state index in [4.69, 9.17) is 29.4 Å². The molecule has 0 aromatic carbocycles. The Balaban J connectivity index is 1.70. The molecule has 0 spiro atoms. The Morgan fingerprint density at radius 3 is 2.21 bits per heavy atom. The molecule has 1 aliphatic carbocycles. The number of nitrogens with zero attached hydrogens (tertiary/aromatic N) is 4. The van der Waals surface area contributed by atoms with Crippen LogP contribution in [0.15, 0.2) is 12.5 Å². The number of hydrogen-bond acceptors (Lipinski definition) is 11. The minimum absolute atomic E-state index is 0.148. The molecule has 2 heterocycles. The monoisotopic (exact) mass is 465 g/mol. The molecule has 0 amide bonds. The maximum absolute atomic E-state index is 11.9. The Labute approximate surface area is 191 Å². The Morgan fingerprint density at radius 2 is 1.70 bits per heavy atom. The highest BCUT2D eigenvalue weighted by Gasteiger charge is 2.54. The highest BCUT2D eigenvalue weighted by molar-refractivity contribution is 5.70. The first kappa shape index (κ1) is 24.5. The number of nitrogen functional groups attached to an aromatic ring is 1. The van der Waals surface area contributed by atoms with Crippen molar-refractivity contribution in [1.82, 2.24) is 19.5 Å². The average Bonchev–Trinajstić information content (AvgIpc) is 3.16. The molecule has 33 heavy (non-hydrogen) atoms. The molecule has 2 atom stereocenters. The molecule has 2 N–H and O–H groups in total. The van der Waals surface area contributed by atoms with Crippen molar-refractivity contribution >= 4 is 29.4 Å². The fourth-order valence-corrected chi connectivity index (χ4v) is 3.38. The summed E-state index contributed by atoms with van der Waals surface area (Å²) in [5, 5.41) is 0. The van der Waals surface area contributed by atoms with Crippen molar-refractivity contribution in [3.8, 4) is 0 Å². The number of rotatable bonds is 10. The molecule has 0 radical (unpaired) electrons. The lowest BCUT2D eigenvalue weighted by molar-refractivity contribution is -0.104. The second-order valence-corrected chi connectivity index (χ2v) is 8.67. The predicted octanol–water partition coefficient (Wildman–Crippen LogP) is 2.70. The summed E-state index contributed by atoms with van der Waals surface area (Å²) < 4.78 is 28.6. The Bertz CT molecular complexity index is 953. The molecular formula is C21H31N5O7. The smallest absolute Gasteiger partial charge is 0.432 e. The zero-order valence-corrected chi connectivity index (χ0v) is 19.5. The summed E-state index contributed by atoms with van der Waals surface area (Å²) in [5.41, 5.74) is 6.35. The van der Waals surface area contributed by atoms with Gasteiger partial charge in [0.05, 0.1) is 36.9 Å². The minimum Gasteiger partial charge on any atom is -0.432 e. The lowest BCUT2D eigenvalue weighted by Crippen LogP contribution is -2.37. The number of fused-ring (bicyclic) bond motifs is 1. The van der Waals surface area contributed by atoms with Crippen molar-refractivity contribution < 1.29 is 33.3 Å². The van der Waals surface area contributed by atoms with Crippen molar-refractivity contribution in [2.24, 2.45) is 5.92 Å². The molecule has 2 aromatic rings. The maximum atomic E-state index is 11.9. The van der Waals surface area contributed by atoms with E-state index in [1.807, 2.05) is 11.5 Å². The molecule has 12 heteroatoms. The van der Waals surface area contributed by atoms with Crippen LogP contribution in [0, 0.1) is 5.92 Å². The topological polar surface area (TPSA) is 150 Å². The van der Waals surface area contributed by atoms with Gasteiger partial charge in [-0.1, -0.05) is 6.92 Å². The molecule has 1 aliphatic rings. The highest BCUT2D eigenvalue weighted by Crippen LogP contribution is 2.49. The van der Waals surface area contributed by atoms with E-state index < -0.39 is 24.0 Å². The van der Waals surface area contributed by atoms with Gasteiger partial charge in [-0.2, -0.15) is 4.98 Å². The molecule has 2 unspecified atom stereocenters. The van der Waals surface area contributed by atoms with Crippen LogP contribution < -0.4 is 5.73 Å². The maximum Gasteiger partial charge on any atom is 0.508 e. The Morgan fingerprint density at radius 1 is 1.12 bits per heavy atom. The van der Waals surface area contributed by atoms with Gasteiger partial charge in [0.25, 0.3) is 0 Å². The van der Waals surface area contributed by atoms with Crippen LogP contribution in [0.4, 0.5) is 15.5 Å². The van der Waals surface area contributed by atoms with Crippen LogP contribution in [0.1, 0.15) is 41.0 Å². The third kappa shape index (κ3) is 6.67. The third-order valence-corrected chi connectivity index (χ3v) is 5.04. The van der Waals surface area contributed by atoms with E-state index in [0.29, 0.717) is 17.7 Å². The van der Waals surface area contributed by atoms with Gasteiger partial charge < -0.3 is 34.0 Å². The lowest BCUT2D eigenvalue weighted by atomic mass is 10.2. The van der Waals surface area contributed by atoms with Gasteiger partial charge in [-0.25, -0.2) is 19.6 Å². The van der Waals surface area contributed by atoms with Gasteiger partial charge in [-0.3, -0.25) is 0 Å². The van der Waals surface area contributed by atoms with Crippen molar-refractivity contribution in [3.63, 3.8) is 0 Å². The van der Waals surface area contributed by atoms with E-state index in [2.05, 4.69) is 15.0 Å². The van der Waals surface area contributed by atoms with Crippen LogP contribution in [0.5, 0.6) is 0 Å². The first-order chi connectivity index (χ1) is 15.6. The lowest BCUT2D eigenvalue weighted by Gasteiger charge is -2.26. The molecule has 1 saturated carbocycles. The van der Waals surface area contributed by atoms with Crippen molar-refractivity contribution in [2.75, 3.05) is 18.9 Å². The number of ether oxygens (including phenoxy) is 5. The molecule has 0 aliphatic heterocycles. The highest BCUT2D eigenvalue weighted by atomic mass is 16.7. The first-order valence-electron chi connectivity index (χ1n) is 10.9. The van der Waals surface area contributed by atoms with Crippen LogP contribution >= 0.6 is 0 Å². The molecule has 1 fully saturated rings. The summed E-state index contributed by atoms with van der Waals surface area (Å²) in [6.07, 6.45) is 0.921. The van der Waals surface area contributed by atoms with Gasteiger partial charge in [0.1, 0.15) is 24.8 Å². The SMILES string of the molecule is CC(C)OC(=O)OCC(COC(=O)OC(C)C)OC1(Cn2cnc3cnc(N)nc32)CC1C. The first-order valence-corrected chi connectivity index (χ1v) is 10.9. The summed E-state index contributed by atoms with van der Waals surface area (Å²) in [5.74, 6) is 0.344. The number of nitrogens with two attached hydrogens (primary N) is 1. The summed E-state index contributed by atoms with van der Waals surface area (Å²) in [6, 6.07) is 0. The molecule has 3 rings (SSSR count). The fourth-order valence-electron chi connectivity index (χ4n) is 3.38. The van der Waals surface area contributed by atoms with E-state index >= 15 is 0 Å². The fraction of sp³-hybridized carbons (Fsp3) is 0.667. The van der Waals surface area contributed by atoms with Gasteiger partial charge in [0, 0.05) is 0 Å². The molecule has 0 saturated heterocycles. The standard InChI is InChI=1S/C21H31N5O7/c1-12(2)31-19(27)29-8-15(9-30-20(28)32-13(3)4)33-21(6-14(21)5)10-26-11-24-16-7-23-18(22)25-17(16)26/h7,11-15H,6,8-10H2,1-5H3,(H2,22,23,25). The zero-order valence-electron chi connectivity index (χ0n) is 19.5. The van der Waals surface area contributed by atoms with Crippen molar-refractivity contribution in [2.45, 2.75) is 71.5 Å². The summed E-state index contributed by atoms with van der Waals surface area (Å²) in [6.45, 7) is 9.02. The Hall–Kier alpha value is -3.15. The summed E-state index contributed by atoms with van der Waals surface area (Å²) in [4.78, 5) is 36.2. The zero-order chi connectivity index (χ0) is 24.2. The predicted molar refractivity (Wildman–Crippen MR) is 116 cm³/mol. The van der Waals surface area contributed by atoms with E-state index in [0.717, 1.165) is 6.42 Å². The second kappa shape index (κ2) is 10.2. The van der Waals surface area contributed by atoms with Crippen LogP contribution in [0.2, 0.25) is 0 Å². The molecule has 2 aromatic heterocycles. The van der Waals surface area contributed by atoms with Gasteiger partial charge in [0.15, 0.2) is 5.65 Å². The minimum atomic E-state index is -0.825. The molecular weight excluding hydrogens is 434 g/mol. The van der Waals surface area contributed by atoms with Crippen LogP contribution in [0.3, 0.4) is 0 Å². The van der Waals surface area contributed by atoms with E-state index in [-0.39, 0.29) is 37.3 Å². The largest absolute Gasteiger partial charge is 0.508 e. The summed E-state index contributed by atoms with van der Waals surface area (Å²) in [7, 11) is 0. The van der Waals surface area contributed by atoms with Crippen LogP contribution in [-0.2, 0) is 30.2 Å². The Kier molecular flexibility index (Phi) is 7.57. The third-order valence-electron chi connectivity index (χ3n) is 5.04. The number of carbonyl (C=O) groups excluding carboxylic acids is 2. The van der Waals surface area contributed by atoms with E-state index in [9.17, 15) is 9.59 Å². The van der Waals surface area contributed by atoms with Gasteiger partial charge in [-0.15, -0.1) is 0 Å². The van der Waals surface area contributed by atoms with Gasteiger partial charge in [0.2, 0.25) is 5.95 Å². The summed E-state index contributed by atoms with van der Waals surface area (Å²) >= 11 is 0. The van der Waals surface area contributed by atoms with Crippen LogP contribution in [-0.4, -0.2) is 69.0 Å². The second-order valence-electron chi connectivity index (χ2n) is 8.67. The quantitative estimate of drug-likeness (QED) is 0.516. The van der Waals surface area contributed by atoms with Crippen molar-refractivity contribution in [1.29, 1.82) is 0 Å². The van der Waals surface area contributed by atoms with Gasteiger partial charge in [-0.05, 0) is 40.0 Å². The number of hydrogen-bond donors (Lipinski definition) is 1. The van der Waals surface area contributed by atoms with Crippen molar-refractivity contribution in [3.05, 3.63) is 12.5 Å². The average molecular weight is 466 g/mol. The molecule has 12 nitrogen and oxygen atoms in total.